The van der Waals surface area contributed by atoms with Gasteiger partial charge in [-0.05, 0) is 88.6 Å². The summed E-state index contributed by atoms with van der Waals surface area (Å²) >= 11 is 0. The highest BCUT2D eigenvalue weighted by atomic mass is 16.5. The number of aryl methyl sites for hydroxylation is 3. The van der Waals surface area contributed by atoms with Crippen molar-refractivity contribution in [3.8, 4) is 17.2 Å². The van der Waals surface area contributed by atoms with E-state index in [-0.39, 0.29) is 18.8 Å². The molecule has 226 valence electrons. The van der Waals surface area contributed by atoms with E-state index in [0.29, 0.717) is 22.8 Å². The Hall–Kier alpha value is -5.06. The minimum atomic E-state index is -0.759. The van der Waals surface area contributed by atoms with Crippen LogP contribution in [0.4, 0.5) is 4.79 Å². The number of nitrogens with one attached hydrogen (secondary N) is 3. The van der Waals surface area contributed by atoms with E-state index in [1.165, 1.54) is 18.2 Å². The van der Waals surface area contributed by atoms with Crippen molar-refractivity contribution in [1.29, 1.82) is 0 Å². The number of esters is 1. The van der Waals surface area contributed by atoms with E-state index in [0.717, 1.165) is 22.6 Å². The van der Waals surface area contributed by atoms with E-state index in [1.807, 2.05) is 19.9 Å². The summed E-state index contributed by atoms with van der Waals surface area (Å²) in [6.07, 6.45) is 1.61. The van der Waals surface area contributed by atoms with Crippen LogP contribution in [0.25, 0.3) is 5.69 Å². The fourth-order valence-electron chi connectivity index (χ4n) is 4.94. The smallest absolute Gasteiger partial charge is 0.338 e. The first kappa shape index (κ1) is 30.9. The van der Waals surface area contributed by atoms with Crippen LogP contribution in [0, 0.1) is 27.7 Å². The summed E-state index contributed by atoms with van der Waals surface area (Å²) in [5.74, 6) is -0.373. The Kier molecular flexibility index (Phi) is 9.54. The molecule has 1 aromatic heterocycles. The first-order valence-electron chi connectivity index (χ1n) is 13.9. The molecule has 0 aliphatic carbocycles. The summed E-state index contributed by atoms with van der Waals surface area (Å²) in [6.45, 7) is 11.4. The number of aromatic nitrogens is 1. The second-order valence-corrected chi connectivity index (χ2v) is 10.2. The predicted molar refractivity (Wildman–Crippen MR) is 163 cm³/mol. The first-order chi connectivity index (χ1) is 20.5. The minimum Gasteiger partial charge on any atom is -0.493 e. The van der Waals surface area contributed by atoms with Gasteiger partial charge >= 0.3 is 12.0 Å². The molecule has 0 saturated heterocycles. The van der Waals surface area contributed by atoms with Crippen LogP contribution in [0.1, 0.15) is 53.5 Å². The monoisotopic (exact) mass is 587 g/mol. The van der Waals surface area contributed by atoms with Crippen LogP contribution < -0.4 is 25.5 Å². The Morgan fingerprint density at radius 1 is 1.02 bits per heavy atom. The molecule has 11 heteroatoms. The fourth-order valence-corrected chi connectivity index (χ4v) is 4.94. The van der Waals surface area contributed by atoms with Gasteiger partial charge in [-0.2, -0.15) is 5.10 Å². The third-order valence-electron chi connectivity index (χ3n) is 7.26. The Labute approximate surface area is 250 Å². The van der Waals surface area contributed by atoms with Gasteiger partial charge in [-0.3, -0.25) is 4.79 Å². The van der Waals surface area contributed by atoms with Crippen LogP contribution in [0.3, 0.4) is 0 Å². The number of urea groups is 1. The van der Waals surface area contributed by atoms with Crippen molar-refractivity contribution in [3.63, 3.8) is 0 Å². The van der Waals surface area contributed by atoms with E-state index < -0.39 is 23.9 Å². The van der Waals surface area contributed by atoms with E-state index in [1.54, 1.807) is 38.3 Å². The van der Waals surface area contributed by atoms with Crippen molar-refractivity contribution in [2.75, 3.05) is 20.3 Å². The summed E-state index contributed by atoms with van der Waals surface area (Å²) < 4.78 is 18.5. The highest BCUT2D eigenvalue weighted by Crippen LogP contribution is 2.34. The largest absolute Gasteiger partial charge is 0.493 e. The van der Waals surface area contributed by atoms with Gasteiger partial charge in [-0.1, -0.05) is 12.1 Å². The third kappa shape index (κ3) is 6.88. The van der Waals surface area contributed by atoms with Gasteiger partial charge in [0.2, 0.25) is 0 Å². The normalized spacial score (nSPS) is 14.8. The van der Waals surface area contributed by atoms with E-state index in [2.05, 4.69) is 57.8 Å². The lowest BCUT2D eigenvalue weighted by Crippen LogP contribution is -2.45. The number of methoxy groups -OCH3 is 1. The molecule has 0 bridgehead atoms. The van der Waals surface area contributed by atoms with Crippen molar-refractivity contribution < 1.29 is 28.6 Å². The molecule has 3 amide bonds. The number of benzene rings is 2. The number of ether oxygens (including phenoxy) is 3. The van der Waals surface area contributed by atoms with Crippen LogP contribution in [0.2, 0.25) is 0 Å². The summed E-state index contributed by atoms with van der Waals surface area (Å²) in [6, 6.07) is 12.1. The van der Waals surface area contributed by atoms with Gasteiger partial charge in [0.1, 0.15) is 0 Å². The Morgan fingerprint density at radius 3 is 2.49 bits per heavy atom. The second kappa shape index (κ2) is 13.3. The zero-order valence-corrected chi connectivity index (χ0v) is 25.5. The highest BCUT2D eigenvalue weighted by molar-refractivity contribution is 5.95. The molecule has 0 unspecified atom stereocenters. The molecule has 3 aromatic rings. The van der Waals surface area contributed by atoms with Crippen LogP contribution >= 0.6 is 0 Å². The fraction of sp³-hybridized carbons (Fsp3) is 0.312. The Bertz CT molecular complexity index is 1620. The summed E-state index contributed by atoms with van der Waals surface area (Å²) in [5, 5.41) is 9.47. The summed E-state index contributed by atoms with van der Waals surface area (Å²) in [7, 11) is 1.46. The van der Waals surface area contributed by atoms with Gasteiger partial charge in [-0.15, -0.1) is 0 Å². The third-order valence-corrected chi connectivity index (χ3v) is 7.26. The molecule has 0 spiro atoms. The quantitative estimate of drug-likeness (QED) is 0.183. The zero-order chi connectivity index (χ0) is 31.3. The van der Waals surface area contributed by atoms with Gasteiger partial charge in [-0.25, -0.2) is 15.0 Å². The molecule has 1 atom stereocenters. The topological polar surface area (TPSA) is 132 Å². The van der Waals surface area contributed by atoms with Crippen molar-refractivity contribution in [2.24, 2.45) is 5.10 Å². The molecule has 4 rings (SSSR count). The van der Waals surface area contributed by atoms with E-state index >= 15 is 0 Å². The van der Waals surface area contributed by atoms with Crippen molar-refractivity contribution in [2.45, 2.75) is 47.6 Å². The molecular weight excluding hydrogens is 550 g/mol. The Balaban J connectivity index is 1.42. The number of allylic oxidation sites excluding steroid dienone is 1. The SMILES string of the molecule is CCOC(=O)C1=C(C)NC(=O)N[C@@H]1c1ccc(OCC(=O)N/N=C\c2cc(C)n(-c3ccc(C)c(C)c3)c2C)c(OC)c1. The predicted octanol–water partition coefficient (Wildman–Crippen LogP) is 4.44. The van der Waals surface area contributed by atoms with Crippen LogP contribution in [0.15, 0.2) is 58.8 Å². The molecule has 11 nitrogen and oxygen atoms in total. The number of hydrogen-bond acceptors (Lipinski definition) is 7. The molecular formula is C32H37N5O6. The number of rotatable bonds is 10. The zero-order valence-electron chi connectivity index (χ0n) is 25.5. The number of amides is 3. The van der Waals surface area contributed by atoms with Gasteiger partial charge in [0.25, 0.3) is 5.91 Å². The molecule has 0 radical (unpaired) electrons. The number of carbonyl (C=O) groups is 3. The average molecular weight is 588 g/mol. The van der Waals surface area contributed by atoms with Gasteiger partial charge < -0.3 is 29.4 Å². The van der Waals surface area contributed by atoms with Gasteiger partial charge in [0.05, 0.1) is 31.5 Å². The van der Waals surface area contributed by atoms with Crippen LogP contribution in [-0.2, 0) is 14.3 Å². The maximum Gasteiger partial charge on any atom is 0.338 e. The number of nitrogens with zero attached hydrogens (tertiary/aromatic N) is 2. The molecule has 3 N–H and O–H groups in total. The molecule has 1 aliphatic heterocycles. The van der Waals surface area contributed by atoms with Crippen LogP contribution in [0.5, 0.6) is 11.5 Å². The van der Waals surface area contributed by atoms with Crippen molar-refractivity contribution >= 4 is 24.1 Å². The standard InChI is InChI=1S/C32H37N5O6/c1-8-42-31(39)29-21(5)34-32(40)35-30(29)23-10-12-26(27(15-23)41-7)43-17-28(38)36-33-16-24-14-20(4)37(22(24)6)25-11-9-18(2)19(3)13-25/h9-16,30H,8,17H2,1-7H3,(H,36,38)(H2,34,35,40)/b33-16-/t30-/m1/s1. The number of hydrogen-bond donors (Lipinski definition) is 3. The lowest BCUT2D eigenvalue weighted by Gasteiger charge is -2.28. The van der Waals surface area contributed by atoms with Gasteiger partial charge in [0.15, 0.2) is 18.1 Å². The maximum absolute atomic E-state index is 12.6. The first-order valence-corrected chi connectivity index (χ1v) is 13.9. The van der Waals surface area contributed by atoms with Crippen molar-refractivity contribution in [1.82, 2.24) is 20.6 Å². The summed E-state index contributed by atoms with van der Waals surface area (Å²) in [5.41, 5.74) is 10.2. The summed E-state index contributed by atoms with van der Waals surface area (Å²) in [4.78, 5) is 37.3. The number of carbonyl (C=O) groups excluding carboxylic acids is 3. The molecule has 0 saturated carbocycles. The lowest BCUT2D eigenvalue weighted by atomic mass is 9.95. The van der Waals surface area contributed by atoms with E-state index in [4.69, 9.17) is 14.2 Å². The van der Waals surface area contributed by atoms with Gasteiger partial charge in [0, 0.05) is 28.3 Å². The Morgan fingerprint density at radius 2 is 1.79 bits per heavy atom. The molecule has 43 heavy (non-hydrogen) atoms. The highest BCUT2D eigenvalue weighted by Gasteiger charge is 2.32. The molecule has 2 heterocycles. The molecule has 0 fully saturated rings. The van der Waals surface area contributed by atoms with Crippen molar-refractivity contribution in [3.05, 3.63) is 87.4 Å². The average Bonchev–Trinajstić information content (AvgIpc) is 3.25. The maximum atomic E-state index is 12.6. The molecule has 1 aliphatic rings. The second-order valence-electron chi connectivity index (χ2n) is 10.2. The number of hydrazone groups is 1. The van der Waals surface area contributed by atoms with Crippen LogP contribution in [-0.4, -0.2) is 49.0 Å². The minimum absolute atomic E-state index is 0.192. The van der Waals surface area contributed by atoms with E-state index in [9.17, 15) is 14.4 Å². The molecule has 2 aromatic carbocycles. The lowest BCUT2D eigenvalue weighted by molar-refractivity contribution is -0.139.